The van der Waals surface area contributed by atoms with Crippen LogP contribution in [0.4, 0.5) is 0 Å². The van der Waals surface area contributed by atoms with E-state index < -0.39 is 0 Å². The summed E-state index contributed by atoms with van der Waals surface area (Å²) >= 11 is 0. The molecule has 0 radical (unpaired) electrons. The van der Waals surface area contributed by atoms with Gasteiger partial charge in [0.15, 0.2) is 0 Å². The van der Waals surface area contributed by atoms with Crippen molar-refractivity contribution in [1.29, 1.82) is 0 Å². The predicted octanol–water partition coefficient (Wildman–Crippen LogP) is 2.43. The number of aryl methyl sites for hydroxylation is 1. The molecule has 2 amide bonds. The number of carbonyl (C=O) groups is 2. The number of benzene rings is 1. The van der Waals surface area contributed by atoms with Gasteiger partial charge in [0.25, 0.3) is 11.8 Å². The second-order valence-corrected chi connectivity index (χ2v) is 6.12. The summed E-state index contributed by atoms with van der Waals surface area (Å²) in [6.07, 6.45) is 3.64. The van der Waals surface area contributed by atoms with Gasteiger partial charge in [-0.3, -0.25) is 9.59 Å². The van der Waals surface area contributed by atoms with Gasteiger partial charge in [-0.2, -0.15) is 0 Å². The Balaban J connectivity index is 1.54. The van der Waals surface area contributed by atoms with E-state index in [2.05, 4.69) is 10.6 Å². The predicted molar refractivity (Wildman–Crippen MR) is 92.4 cm³/mol. The van der Waals surface area contributed by atoms with E-state index in [0.29, 0.717) is 30.0 Å². The second-order valence-electron chi connectivity index (χ2n) is 6.12. The van der Waals surface area contributed by atoms with Crippen LogP contribution in [0, 0.1) is 6.92 Å². The van der Waals surface area contributed by atoms with Crippen molar-refractivity contribution in [2.24, 2.45) is 0 Å². The van der Waals surface area contributed by atoms with E-state index in [4.69, 9.17) is 9.15 Å². The SMILES string of the molecule is Cc1occc1C(=O)NCc1cccc(C(=O)NC[C@@H]2CCCO2)c1. The summed E-state index contributed by atoms with van der Waals surface area (Å²) in [6, 6.07) is 8.87. The van der Waals surface area contributed by atoms with Gasteiger partial charge in [-0.1, -0.05) is 12.1 Å². The molecule has 0 spiro atoms. The van der Waals surface area contributed by atoms with Gasteiger partial charge >= 0.3 is 0 Å². The lowest BCUT2D eigenvalue weighted by Crippen LogP contribution is -2.31. The molecule has 6 heteroatoms. The Labute approximate surface area is 146 Å². The number of hydrogen-bond acceptors (Lipinski definition) is 4. The third-order valence-corrected chi connectivity index (χ3v) is 4.26. The Bertz CT molecular complexity index is 747. The van der Waals surface area contributed by atoms with Gasteiger partial charge in [0.1, 0.15) is 5.76 Å². The van der Waals surface area contributed by atoms with Gasteiger partial charge in [0.05, 0.1) is 17.9 Å². The molecule has 0 bridgehead atoms. The Morgan fingerprint density at radius 1 is 1.20 bits per heavy atom. The second kappa shape index (κ2) is 7.98. The summed E-state index contributed by atoms with van der Waals surface area (Å²) < 4.78 is 10.6. The third-order valence-electron chi connectivity index (χ3n) is 4.26. The van der Waals surface area contributed by atoms with Crippen LogP contribution < -0.4 is 10.6 Å². The van der Waals surface area contributed by atoms with Crippen molar-refractivity contribution >= 4 is 11.8 Å². The van der Waals surface area contributed by atoms with Crippen LogP contribution in [0.1, 0.15) is 44.9 Å². The van der Waals surface area contributed by atoms with Crippen molar-refractivity contribution < 1.29 is 18.7 Å². The molecule has 1 atom stereocenters. The number of carbonyl (C=O) groups excluding carboxylic acids is 2. The number of amides is 2. The first kappa shape index (κ1) is 17.2. The van der Waals surface area contributed by atoms with Crippen molar-refractivity contribution in [3.8, 4) is 0 Å². The van der Waals surface area contributed by atoms with E-state index in [0.717, 1.165) is 25.0 Å². The molecular formula is C19H22N2O4. The van der Waals surface area contributed by atoms with E-state index >= 15 is 0 Å². The van der Waals surface area contributed by atoms with Crippen molar-refractivity contribution in [1.82, 2.24) is 10.6 Å². The summed E-state index contributed by atoms with van der Waals surface area (Å²) in [7, 11) is 0. The topological polar surface area (TPSA) is 80.6 Å². The normalized spacial score (nSPS) is 16.6. The number of rotatable bonds is 6. The van der Waals surface area contributed by atoms with Gasteiger partial charge in [-0.05, 0) is 43.5 Å². The van der Waals surface area contributed by atoms with Gasteiger partial charge in [0, 0.05) is 25.3 Å². The summed E-state index contributed by atoms with van der Waals surface area (Å²) in [4.78, 5) is 24.4. The number of ether oxygens (including phenoxy) is 1. The van der Waals surface area contributed by atoms with Crippen LogP contribution >= 0.6 is 0 Å². The third kappa shape index (κ3) is 4.48. The highest BCUT2D eigenvalue weighted by molar-refractivity contribution is 5.95. The summed E-state index contributed by atoms with van der Waals surface area (Å²) in [5, 5.41) is 5.73. The number of nitrogens with one attached hydrogen (secondary N) is 2. The Morgan fingerprint density at radius 2 is 2.08 bits per heavy atom. The fourth-order valence-corrected chi connectivity index (χ4v) is 2.83. The molecule has 1 fully saturated rings. The minimum absolute atomic E-state index is 0.115. The van der Waals surface area contributed by atoms with Crippen LogP contribution in [-0.2, 0) is 11.3 Å². The average molecular weight is 342 g/mol. The van der Waals surface area contributed by atoms with Crippen LogP contribution in [0.5, 0.6) is 0 Å². The Morgan fingerprint density at radius 3 is 2.80 bits per heavy atom. The fraction of sp³-hybridized carbons (Fsp3) is 0.368. The molecule has 6 nitrogen and oxygen atoms in total. The van der Waals surface area contributed by atoms with Crippen molar-refractivity contribution in [2.75, 3.05) is 13.2 Å². The molecular weight excluding hydrogens is 320 g/mol. The molecule has 0 aliphatic carbocycles. The lowest BCUT2D eigenvalue weighted by molar-refractivity contribution is 0.0857. The van der Waals surface area contributed by atoms with Crippen LogP contribution in [-0.4, -0.2) is 31.1 Å². The van der Waals surface area contributed by atoms with Gasteiger partial charge in [-0.25, -0.2) is 0 Å². The summed E-state index contributed by atoms with van der Waals surface area (Å²) in [5.41, 5.74) is 1.95. The maximum Gasteiger partial charge on any atom is 0.255 e. The Hall–Kier alpha value is -2.60. The molecule has 1 aliphatic rings. The summed E-state index contributed by atoms with van der Waals surface area (Å²) in [5.74, 6) is 0.258. The average Bonchev–Trinajstić information content (AvgIpc) is 3.29. The van der Waals surface area contributed by atoms with Crippen molar-refractivity contribution in [3.05, 3.63) is 59.0 Å². The van der Waals surface area contributed by atoms with Crippen molar-refractivity contribution in [3.63, 3.8) is 0 Å². The molecule has 0 unspecified atom stereocenters. The van der Waals surface area contributed by atoms with E-state index in [1.165, 1.54) is 6.26 Å². The molecule has 1 saturated heterocycles. The minimum atomic E-state index is -0.195. The molecule has 25 heavy (non-hydrogen) atoms. The van der Waals surface area contributed by atoms with Gasteiger partial charge in [0.2, 0.25) is 0 Å². The lowest BCUT2D eigenvalue weighted by Gasteiger charge is -2.11. The van der Waals surface area contributed by atoms with Crippen LogP contribution in [0.25, 0.3) is 0 Å². The smallest absolute Gasteiger partial charge is 0.255 e. The number of hydrogen-bond donors (Lipinski definition) is 2. The quantitative estimate of drug-likeness (QED) is 0.845. The molecule has 1 aromatic heterocycles. The molecule has 2 N–H and O–H groups in total. The minimum Gasteiger partial charge on any atom is -0.469 e. The monoisotopic (exact) mass is 342 g/mol. The van der Waals surface area contributed by atoms with E-state index in [-0.39, 0.29) is 17.9 Å². The molecule has 2 heterocycles. The molecule has 3 rings (SSSR count). The largest absolute Gasteiger partial charge is 0.469 e. The highest BCUT2D eigenvalue weighted by atomic mass is 16.5. The number of furan rings is 1. The zero-order chi connectivity index (χ0) is 17.6. The highest BCUT2D eigenvalue weighted by Crippen LogP contribution is 2.12. The Kier molecular flexibility index (Phi) is 5.50. The summed E-state index contributed by atoms with van der Waals surface area (Å²) in [6.45, 7) is 3.38. The molecule has 132 valence electrons. The maximum absolute atomic E-state index is 12.3. The van der Waals surface area contributed by atoms with E-state index in [1.807, 2.05) is 12.1 Å². The molecule has 1 aliphatic heterocycles. The first-order valence-corrected chi connectivity index (χ1v) is 8.44. The molecule has 2 aromatic rings. The fourth-order valence-electron chi connectivity index (χ4n) is 2.83. The first-order valence-electron chi connectivity index (χ1n) is 8.44. The zero-order valence-electron chi connectivity index (χ0n) is 14.2. The van der Waals surface area contributed by atoms with Crippen LogP contribution in [0.2, 0.25) is 0 Å². The lowest BCUT2D eigenvalue weighted by atomic mass is 10.1. The standard InChI is InChI=1S/C19H22N2O4/c1-13-17(7-9-24-13)19(23)20-11-14-4-2-5-15(10-14)18(22)21-12-16-6-3-8-25-16/h2,4-5,7,9-10,16H,3,6,8,11-12H2,1H3,(H,20,23)(H,21,22)/t16-/m0/s1. The van der Waals surface area contributed by atoms with E-state index in [9.17, 15) is 9.59 Å². The van der Waals surface area contributed by atoms with E-state index in [1.54, 1.807) is 25.1 Å². The first-order chi connectivity index (χ1) is 12.1. The molecule has 1 aromatic carbocycles. The van der Waals surface area contributed by atoms with Gasteiger partial charge in [-0.15, -0.1) is 0 Å². The molecule has 0 saturated carbocycles. The highest BCUT2D eigenvalue weighted by Gasteiger charge is 2.17. The van der Waals surface area contributed by atoms with Crippen molar-refractivity contribution in [2.45, 2.75) is 32.4 Å². The maximum atomic E-state index is 12.3. The van der Waals surface area contributed by atoms with Crippen LogP contribution in [0.3, 0.4) is 0 Å². The van der Waals surface area contributed by atoms with Gasteiger partial charge < -0.3 is 19.8 Å². The zero-order valence-corrected chi connectivity index (χ0v) is 14.2. The van der Waals surface area contributed by atoms with Crippen LogP contribution in [0.15, 0.2) is 41.0 Å².